The lowest BCUT2D eigenvalue weighted by molar-refractivity contribution is -0.117. The normalized spacial score (nSPS) is 21.6. The average Bonchev–Trinajstić information content (AvgIpc) is 3.06. The van der Waals surface area contributed by atoms with Crippen LogP contribution in [0.2, 0.25) is 0 Å². The summed E-state index contributed by atoms with van der Waals surface area (Å²) < 4.78 is 9.62. The van der Waals surface area contributed by atoms with E-state index in [1.165, 1.54) is 7.11 Å². The first kappa shape index (κ1) is 23.4. The summed E-state index contributed by atoms with van der Waals surface area (Å²) in [5.41, 5.74) is 2.77. The molecule has 1 aliphatic heterocycles. The average molecular weight is 418 g/mol. The van der Waals surface area contributed by atoms with Crippen molar-refractivity contribution in [1.82, 2.24) is 5.32 Å². The maximum Gasteiger partial charge on any atom is 0.513 e. The number of hydrogen-bond acceptors (Lipinski definition) is 4. The predicted molar refractivity (Wildman–Crippen MR) is 124 cm³/mol. The summed E-state index contributed by atoms with van der Waals surface area (Å²) in [6, 6.07) is 6.86. The highest BCUT2D eigenvalue weighted by atomic mass is 16.7. The standard InChI is InChI=1S/C26H27NO4/c1-7-11-23-22(10-4)24(28)27-26(23,19(9-3)13-12-18(5)8-2)20-14-16-21(17-15-20)31-25(29)30-6/h7-17H,1-3H2,4-6H3,(H,27,28)/b18-12-,19-13+,22-10+,23-11+. The molecule has 160 valence electrons. The van der Waals surface area contributed by atoms with Crippen molar-refractivity contribution in [3.05, 3.63) is 114 Å². The molecular weight excluding hydrogens is 390 g/mol. The summed E-state index contributed by atoms with van der Waals surface area (Å²) >= 11 is 0. The summed E-state index contributed by atoms with van der Waals surface area (Å²) in [6.45, 7) is 15.3. The Morgan fingerprint density at radius 1 is 1.10 bits per heavy atom. The van der Waals surface area contributed by atoms with Crippen LogP contribution in [0.15, 0.2) is 109 Å². The molecule has 1 N–H and O–H groups in total. The number of carbonyl (C=O) groups excluding carboxylic acids is 2. The van der Waals surface area contributed by atoms with Crippen LogP contribution in [-0.2, 0) is 15.1 Å². The summed E-state index contributed by atoms with van der Waals surface area (Å²) in [5.74, 6) is 0.116. The number of ether oxygens (including phenoxy) is 2. The Balaban J connectivity index is 2.78. The topological polar surface area (TPSA) is 64.6 Å². The van der Waals surface area contributed by atoms with Gasteiger partial charge in [0.25, 0.3) is 5.91 Å². The van der Waals surface area contributed by atoms with Crippen molar-refractivity contribution in [2.75, 3.05) is 7.11 Å². The van der Waals surface area contributed by atoms with Gasteiger partial charge < -0.3 is 14.8 Å². The van der Waals surface area contributed by atoms with Crippen LogP contribution in [-0.4, -0.2) is 19.2 Å². The number of allylic oxidation sites excluding steroid dienone is 7. The van der Waals surface area contributed by atoms with Gasteiger partial charge in [0.15, 0.2) is 0 Å². The molecule has 5 heteroatoms. The maximum atomic E-state index is 12.9. The molecule has 31 heavy (non-hydrogen) atoms. The molecule has 1 atom stereocenters. The first-order chi connectivity index (χ1) is 14.9. The van der Waals surface area contributed by atoms with Gasteiger partial charge in [-0.3, -0.25) is 4.79 Å². The SMILES string of the molecule is C=C/C=C1\C(=C/C)C(=O)NC1(/C(C=C)=C/C=C(/C)C=C)c1ccc(OC(=O)OC)cc1. The minimum Gasteiger partial charge on any atom is -0.437 e. The summed E-state index contributed by atoms with van der Waals surface area (Å²) in [5, 5.41) is 3.13. The highest BCUT2D eigenvalue weighted by Gasteiger charge is 2.48. The van der Waals surface area contributed by atoms with E-state index in [0.29, 0.717) is 11.3 Å². The second-order valence-corrected chi connectivity index (χ2v) is 6.74. The summed E-state index contributed by atoms with van der Waals surface area (Å²) in [6.07, 6.45) is 11.7. The van der Waals surface area contributed by atoms with Gasteiger partial charge in [0.2, 0.25) is 0 Å². The Morgan fingerprint density at radius 3 is 2.29 bits per heavy atom. The zero-order valence-electron chi connectivity index (χ0n) is 18.1. The van der Waals surface area contributed by atoms with Crippen LogP contribution >= 0.6 is 0 Å². The van der Waals surface area contributed by atoms with Crippen LogP contribution < -0.4 is 10.1 Å². The maximum absolute atomic E-state index is 12.9. The molecule has 1 aromatic rings. The van der Waals surface area contributed by atoms with Crippen LogP contribution in [0.4, 0.5) is 4.79 Å². The van der Waals surface area contributed by atoms with Gasteiger partial charge in [0.05, 0.1) is 7.11 Å². The number of amides is 1. The van der Waals surface area contributed by atoms with E-state index in [4.69, 9.17) is 4.74 Å². The van der Waals surface area contributed by atoms with Crippen LogP contribution in [0.25, 0.3) is 0 Å². The van der Waals surface area contributed by atoms with Gasteiger partial charge in [-0.2, -0.15) is 0 Å². The van der Waals surface area contributed by atoms with E-state index in [1.807, 2.05) is 32.1 Å². The van der Waals surface area contributed by atoms with Gasteiger partial charge in [0.1, 0.15) is 11.3 Å². The third-order valence-electron chi connectivity index (χ3n) is 4.97. The second kappa shape index (κ2) is 10.3. The molecule has 1 unspecified atom stereocenters. The zero-order chi connectivity index (χ0) is 23.0. The van der Waals surface area contributed by atoms with Gasteiger partial charge in [-0.1, -0.05) is 80.0 Å². The van der Waals surface area contributed by atoms with E-state index in [-0.39, 0.29) is 5.91 Å². The molecule has 5 nitrogen and oxygen atoms in total. The van der Waals surface area contributed by atoms with Gasteiger partial charge in [0, 0.05) is 5.57 Å². The number of rotatable bonds is 7. The Labute approximate surface area is 183 Å². The van der Waals surface area contributed by atoms with Gasteiger partial charge in [-0.25, -0.2) is 4.79 Å². The summed E-state index contributed by atoms with van der Waals surface area (Å²) in [4.78, 5) is 24.3. The smallest absolute Gasteiger partial charge is 0.437 e. The molecule has 0 aliphatic carbocycles. The highest BCUT2D eigenvalue weighted by Crippen LogP contribution is 2.46. The van der Waals surface area contributed by atoms with E-state index in [2.05, 4.69) is 29.8 Å². The van der Waals surface area contributed by atoms with Crippen LogP contribution in [0.1, 0.15) is 19.4 Å². The minimum atomic E-state index is -1.00. The van der Waals surface area contributed by atoms with E-state index in [9.17, 15) is 9.59 Å². The lowest BCUT2D eigenvalue weighted by atomic mass is 9.76. The molecular formula is C26H27NO4. The van der Waals surface area contributed by atoms with Gasteiger partial charge >= 0.3 is 6.16 Å². The van der Waals surface area contributed by atoms with Crippen molar-refractivity contribution in [1.29, 1.82) is 0 Å². The molecule has 0 aromatic heterocycles. The van der Waals surface area contributed by atoms with Crippen LogP contribution in [0.5, 0.6) is 5.75 Å². The lowest BCUT2D eigenvalue weighted by Crippen LogP contribution is -2.41. The number of nitrogens with one attached hydrogen (secondary N) is 1. The van der Waals surface area contributed by atoms with Crippen molar-refractivity contribution >= 4 is 12.1 Å². The minimum absolute atomic E-state index is 0.206. The number of hydrogen-bond donors (Lipinski definition) is 1. The van der Waals surface area contributed by atoms with Crippen molar-refractivity contribution in [3.63, 3.8) is 0 Å². The largest absolute Gasteiger partial charge is 0.513 e. The van der Waals surface area contributed by atoms with E-state index >= 15 is 0 Å². The van der Waals surface area contributed by atoms with E-state index in [0.717, 1.165) is 22.3 Å². The molecule has 1 aliphatic rings. The molecule has 0 saturated carbocycles. The third-order valence-corrected chi connectivity index (χ3v) is 4.97. The quantitative estimate of drug-likeness (QED) is 0.277. The molecule has 1 amide bonds. The summed E-state index contributed by atoms with van der Waals surface area (Å²) in [7, 11) is 1.24. The molecule has 1 saturated heterocycles. The van der Waals surface area contributed by atoms with Crippen molar-refractivity contribution in [2.24, 2.45) is 0 Å². The molecule has 0 radical (unpaired) electrons. The Bertz CT molecular complexity index is 1020. The second-order valence-electron chi connectivity index (χ2n) is 6.74. The molecule has 2 rings (SSSR count). The Hall–Kier alpha value is -3.86. The van der Waals surface area contributed by atoms with Crippen molar-refractivity contribution in [2.45, 2.75) is 19.4 Å². The molecule has 0 spiro atoms. The first-order valence-corrected chi connectivity index (χ1v) is 9.70. The molecule has 1 heterocycles. The lowest BCUT2D eigenvalue weighted by Gasteiger charge is -2.33. The third kappa shape index (κ3) is 4.67. The number of benzene rings is 1. The van der Waals surface area contributed by atoms with E-state index in [1.54, 1.807) is 48.6 Å². The van der Waals surface area contributed by atoms with Crippen LogP contribution in [0.3, 0.4) is 0 Å². The fraction of sp³-hybridized carbons (Fsp3) is 0.154. The van der Waals surface area contributed by atoms with Gasteiger partial charge in [-0.05, 0) is 42.7 Å². The molecule has 1 fully saturated rings. The van der Waals surface area contributed by atoms with Gasteiger partial charge in [-0.15, -0.1) is 0 Å². The monoisotopic (exact) mass is 417 g/mol. The Kier molecular flexibility index (Phi) is 7.75. The molecule has 0 bridgehead atoms. The number of carbonyl (C=O) groups is 2. The fourth-order valence-electron chi connectivity index (χ4n) is 3.42. The van der Waals surface area contributed by atoms with E-state index < -0.39 is 11.7 Å². The van der Waals surface area contributed by atoms with Crippen molar-refractivity contribution < 1.29 is 19.1 Å². The predicted octanol–water partition coefficient (Wildman–Crippen LogP) is 5.46. The van der Waals surface area contributed by atoms with Crippen molar-refractivity contribution in [3.8, 4) is 5.75 Å². The highest BCUT2D eigenvalue weighted by molar-refractivity contribution is 6.04. The molecule has 1 aromatic carbocycles. The zero-order valence-corrected chi connectivity index (χ0v) is 18.1. The number of methoxy groups -OCH3 is 1. The fourth-order valence-corrected chi connectivity index (χ4v) is 3.42. The first-order valence-electron chi connectivity index (χ1n) is 9.70. The van der Waals surface area contributed by atoms with Crippen LogP contribution in [0, 0.1) is 0 Å². The Morgan fingerprint density at radius 2 is 1.77 bits per heavy atom.